The van der Waals surface area contributed by atoms with E-state index in [1.807, 2.05) is 0 Å². The first-order valence-corrected chi connectivity index (χ1v) is 2.71. The number of carbonyl (C=O) groups excluding carboxylic acids is 1. The zero-order chi connectivity index (χ0) is 6.20. The first-order valence-electron chi connectivity index (χ1n) is 2.71. The third-order valence-electron chi connectivity index (χ3n) is 1.49. The molecule has 0 bridgehead atoms. The van der Waals surface area contributed by atoms with Gasteiger partial charge in [-0.15, -0.1) is 0 Å². The van der Waals surface area contributed by atoms with Crippen LogP contribution in [-0.2, 0) is 4.79 Å². The van der Waals surface area contributed by atoms with E-state index in [0.717, 1.165) is 12.8 Å². The van der Waals surface area contributed by atoms with Gasteiger partial charge in [-0.3, -0.25) is 0 Å². The zero-order valence-electron chi connectivity index (χ0n) is 4.63. The molecule has 1 rings (SSSR count). The first kappa shape index (κ1) is 5.93. The molecular weight excluding hydrogens is 97.7 g/mol. The van der Waals surface area contributed by atoms with Gasteiger partial charge in [0.1, 0.15) is 6.29 Å². The van der Waals surface area contributed by atoms with Crippen LogP contribution in [0.1, 0.15) is 12.8 Å². The van der Waals surface area contributed by atoms with Crippen LogP contribution in [0.3, 0.4) is 0 Å². The summed E-state index contributed by atoms with van der Waals surface area (Å²) in [5.74, 6) is 0.250. The molecule has 0 aromatic heterocycles. The number of rotatable bonds is 2. The van der Waals surface area contributed by atoms with E-state index in [1.165, 1.54) is 0 Å². The molecule has 0 atom stereocenters. The fraction of sp³-hybridized carbons (Fsp3) is 0.800. The lowest BCUT2D eigenvalue weighted by molar-refractivity contribution is -0.109. The van der Waals surface area contributed by atoms with Crippen molar-refractivity contribution in [1.82, 2.24) is 0 Å². The quantitative estimate of drug-likeness (QED) is 0.357. The minimum absolute atomic E-state index is 0.250. The molecule has 3 heteroatoms. The van der Waals surface area contributed by atoms with Gasteiger partial charge < -0.3 is 4.79 Å². The lowest BCUT2D eigenvalue weighted by Gasteiger charge is -2.14. The molecule has 0 aromatic carbocycles. The fourth-order valence-electron chi connectivity index (χ4n) is 0.680. The molecule has 4 radical (unpaired) electrons. The van der Waals surface area contributed by atoms with E-state index in [1.54, 1.807) is 0 Å². The van der Waals surface area contributed by atoms with Crippen molar-refractivity contribution in [2.24, 2.45) is 5.92 Å². The second-order valence-electron chi connectivity index (χ2n) is 2.39. The predicted molar refractivity (Wildman–Crippen MR) is 33.0 cm³/mol. The molecular formula is C5H6B2O. The molecule has 1 nitrogen and oxygen atoms in total. The Balaban J connectivity index is 2.49. The molecule has 0 amide bonds. The van der Waals surface area contributed by atoms with E-state index < -0.39 is 5.21 Å². The van der Waals surface area contributed by atoms with Gasteiger partial charge in [0.25, 0.3) is 0 Å². The molecule has 0 N–H and O–H groups in total. The SMILES string of the molecule is [B]C([B])(C=O)C1CC1. The Kier molecular flexibility index (Phi) is 1.22. The van der Waals surface area contributed by atoms with Crippen molar-refractivity contribution >= 4 is 22.0 Å². The summed E-state index contributed by atoms with van der Waals surface area (Å²) in [4.78, 5) is 10.1. The third-order valence-corrected chi connectivity index (χ3v) is 1.49. The molecule has 0 heterocycles. The van der Waals surface area contributed by atoms with Gasteiger partial charge in [-0.25, -0.2) is 0 Å². The molecule has 0 aliphatic heterocycles. The summed E-state index contributed by atoms with van der Waals surface area (Å²) in [5.41, 5.74) is 0. The molecule has 0 saturated heterocycles. The number of carbonyl (C=O) groups is 1. The Morgan fingerprint density at radius 2 is 2.00 bits per heavy atom. The average molecular weight is 104 g/mol. The van der Waals surface area contributed by atoms with Gasteiger partial charge in [0.15, 0.2) is 0 Å². The van der Waals surface area contributed by atoms with Crippen molar-refractivity contribution in [3.05, 3.63) is 0 Å². The minimum Gasteiger partial charge on any atom is -0.304 e. The van der Waals surface area contributed by atoms with Crippen molar-refractivity contribution in [3.63, 3.8) is 0 Å². The standard InChI is InChI=1S/C5H6B2O/c6-5(7,3-8)4-1-2-4/h3-4H,1-2H2. The maximum Gasteiger partial charge on any atom is 0.109 e. The van der Waals surface area contributed by atoms with Gasteiger partial charge in [0.2, 0.25) is 0 Å². The van der Waals surface area contributed by atoms with Crippen LogP contribution < -0.4 is 0 Å². The van der Waals surface area contributed by atoms with Gasteiger partial charge in [0.05, 0.1) is 15.7 Å². The second kappa shape index (κ2) is 1.64. The summed E-state index contributed by atoms with van der Waals surface area (Å²) in [6.45, 7) is 0. The lowest BCUT2D eigenvalue weighted by Crippen LogP contribution is -2.16. The highest BCUT2D eigenvalue weighted by Gasteiger charge is 2.35. The van der Waals surface area contributed by atoms with Crippen molar-refractivity contribution < 1.29 is 4.79 Å². The smallest absolute Gasteiger partial charge is 0.109 e. The van der Waals surface area contributed by atoms with Crippen molar-refractivity contribution in [3.8, 4) is 0 Å². The van der Waals surface area contributed by atoms with Crippen LogP contribution >= 0.6 is 0 Å². The number of hydrogen-bond donors (Lipinski definition) is 0. The van der Waals surface area contributed by atoms with E-state index >= 15 is 0 Å². The largest absolute Gasteiger partial charge is 0.304 e. The van der Waals surface area contributed by atoms with E-state index in [9.17, 15) is 4.79 Å². The van der Waals surface area contributed by atoms with Crippen molar-refractivity contribution in [1.29, 1.82) is 0 Å². The summed E-state index contributed by atoms with van der Waals surface area (Å²) >= 11 is 0. The van der Waals surface area contributed by atoms with E-state index in [-0.39, 0.29) is 5.92 Å². The first-order chi connectivity index (χ1) is 3.67. The molecule has 1 fully saturated rings. The van der Waals surface area contributed by atoms with E-state index in [4.69, 9.17) is 15.7 Å². The maximum atomic E-state index is 10.1. The summed E-state index contributed by atoms with van der Waals surface area (Å²) in [5, 5.41) is -1.03. The van der Waals surface area contributed by atoms with Gasteiger partial charge in [-0.1, -0.05) is 12.8 Å². The van der Waals surface area contributed by atoms with Crippen LogP contribution in [0, 0.1) is 5.92 Å². The predicted octanol–water partition coefficient (Wildman–Crippen LogP) is 0.0485. The van der Waals surface area contributed by atoms with Crippen LogP contribution in [0.5, 0.6) is 0 Å². The third kappa shape index (κ3) is 0.960. The highest BCUT2D eigenvalue weighted by Crippen LogP contribution is 2.44. The van der Waals surface area contributed by atoms with Crippen LogP contribution in [0.25, 0.3) is 0 Å². The summed E-state index contributed by atoms with van der Waals surface area (Å²) in [6, 6.07) is 0. The topological polar surface area (TPSA) is 17.1 Å². The van der Waals surface area contributed by atoms with Crippen LogP contribution in [0.2, 0.25) is 5.21 Å². The van der Waals surface area contributed by atoms with E-state index in [0.29, 0.717) is 6.29 Å². The Bertz CT molecular complexity index is 107. The van der Waals surface area contributed by atoms with Crippen molar-refractivity contribution in [2.45, 2.75) is 18.1 Å². The van der Waals surface area contributed by atoms with Crippen LogP contribution in [-0.4, -0.2) is 22.0 Å². The molecule has 1 saturated carbocycles. The molecule has 1 aliphatic carbocycles. The van der Waals surface area contributed by atoms with Crippen LogP contribution in [0.15, 0.2) is 0 Å². The van der Waals surface area contributed by atoms with Gasteiger partial charge >= 0.3 is 0 Å². The zero-order valence-corrected chi connectivity index (χ0v) is 4.63. The van der Waals surface area contributed by atoms with E-state index in [2.05, 4.69) is 0 Å². The summed E-state index contributed by atoms with van der Waals surface area (Å²) < 4.78 is 0. The normalized spacial score (nSPS) is 20.5. The fourth-order valence-corrected chi connectivity index (χ4v) is 0.680. The van der Waals surface area contributed by atoms with Gasteiger partial charge in [0, 0.05) is 0 Å². The van der Waals surface area contributed by atoms with Gasteiger partial charge in [-0.2, -0.15) is 0 Å². The monoisotopic (exact) mass is 104 g/mol. The van der Waals surface area contributed by atoms with Crippen molar-refractivity contribution in [2.75, 3.05) is 0 Å². The number of hydrogen-bond acceptors (Lipinski definition) is 1. The highest BCUT2D eigenvalue weighted by atomic mass is 16.1. The Labute approximate surface area is 51.7 Å². The Morgan fingerprint density at radius 3 is 2.12 bits per heavy atom. The summed E-state index contributed by atoms with van der Waals surface area (Å²) in [7, 11) is 10.7. The highest BCUT2D eigenvalue weighted by molar-refractivity contribution is 6.48. The molecule has 1 aliphatic rings. The molecule has 8 heavy (non-hydrogen) atoms. The average Bonchev–Trinajstić information content (AvgIpc) is 2.44. The number of aldehydes is 1. The molecule has 0 spiro atoms. The van der Waals surface area contributed by atoms with Crippen LogP contribution in [0.4, 0.5) is 0 Å². The summed E-state index contributed by atoms with van der Waals surface area (Å²) in [6.07, 6.45) is 2.64. The lowest BCUT2D eigenvalue weighted by atomic mass is 9.52. The van der Waals surface area contributed by atoms with Gasteiger partial charge in [-0.05, 0) is 11.1 Å². The molecule has 0 aromatic rings. The maximum absolute atomic E-state index is 10.1. The second-order valence-corrected chi connectivity index (χ2v) is 2.39. The Hall–Kier alpha value is -0.200. The molecule has 38 valence electrons. The Morgan fingerprint density at radius 1 is 1.50 bits per heavy atom. The molecule has 0 unspecified atom stereocenters. The minimum atomic E-state index is -1.03.